The topological polar surface area (TPSA) is 115 Å². The number of nitrogens with one attached hydrogen (secondary N) is 1. The molecule has 8 nitrogen and oxygen atoms in total. The first-order valence-electron chi connectivity index (χ1n) is 11.1. The molecule has 178 valence electrons. The van der Waals surface area contributed by atoms with Crippen LogP contribution in [0.3, 0.4) is 0 Å². The van der Waals surface area contributed by atoms with Crippen molar-refractivity contribution in [1.29, 1.82) is 10.5 Å². The monoisotopic (exact) mass is 486 g/mol. The predicted molar refractivity (Wildman–Crippen MR) is 137 cm³/mol. The smallest absolute Gasteiger partial charge is 0.148 e. The summed E-state index contributed by atoms with van der Waals surface area (Å²) in [6.45, 7) is 3.91. The largest absolute Gasteiger partial charge is 0.388 e. The van der Waals surface area contributed by atoms with Crippen molar-refractivity contribution in [1.82, 2.24) is 9.97 Å². The first kappa shape index (κ1) is 25.7. The fourth-order valence-electron chi connectivity index (χ4n) is 3.60. The number of benzene rings is 1. The molecule has 0 aliphatic carbocycles. The number of ether oxygens (including phenoxy) is 1. The molecular weight excluding hydrogens is 460 g/mol. The van der Waals surface area contributed by atoms with Gasteiger partial charge in [0.05, 0.1) is 18.8 Å². The van der Waals surface area contributed by atoms with Crippen LogP contribution in [0.2, 0.25) is 0 Å². The summed E-state index contributed by atoms with van der Waals surface area (Å²) in [6, 6.07) is 16.3. The van der Waals surface area contributed by atoms with Crippen molar-refractivity contribution in [3.63, 3.8) is 0 Å². The van der Waals surface area contributed by atoms with Crippen LogP contribution < -0.4 is 10.2 Å². The number of nitrogens with zero attached hydrogens (tertiary/aromatic N) is 5. The summed E-state index contributed by atoms with van der Waals surface area (Å²) >= 11 is 1.49. The van der Waals surface area contributed by atoms with Crippen molar-refractivity contribution >= 4 is 29.6 Å². The number of carbonyl (C=O) groups is 1. The third-order valence-electron chi connectivity index (χ3n) is 5.24. The Bertz CT molecular complexity index is 1210. The van der Waals surface area contributed by atoms with Crippen LogP contribution in [0.5, 0.6) is 0 Å². The lowest BCUT2D eigenvalue weighted by Crippen LogP contribution is -2.37. The maximum absolute atomic E-state index is 10.1. The predicted octanol–water partition coefficient (Wildman–Crippen LogP) is 4.26. The van der Waals surface area contributed by atoms with E-state index in [2.05, 4.69) is 27.3 Å². The van der Waals surface area contributed by atoms with Crippen LogP contribution in [-0.2, 0) is 15.3 Å². The molecule has 3 aromatic rings. The van der Waals surface area contributed by atoms with Crippen LogP contribution in [0.4, 0.5) is 11.5 Å². The number of hydrogen-bond acceptors (Lipinski definition) is 9. The zero-order chi connectivity index (χ0) is 25.0. The summed E-state index contributed by atoms with van der Waals surface area (Å²) < 4.78 is 5.49. The van der Waals surface area contributed by atoms with Gasteiger partial charge in [-0.15, -0.1) is 11.8 Å². The van der Waals surface area contributed by atoms with Crippen LogP contribution in [0.25, 0.3) is 11.1 Å². The minimum atomic E-state index is 0.421. The zero-order valence-electron chi connectivity index (χ0n) is 19.7. The Labute approximate surface area is 209 Å². The third-order valence-corrected chi connectivity index (χ3v) is 6.29. The number of rotatable bonds is 6. The van der Waals surface area contributed by atoms with Gasteiger partial charge in [-0.3, -0.25) is 4.98 Å². The fourth-order valence-corrected chi connectivity index (χ4v) is 4.51. The highest BCUT2D eigenvalue weighted by atomic mass is 32.2. The Morgan fingerprint density at radius 1 is 1.14 bits per heavy atom. The van der Waals surface area contributed by atoms with Gasteiger partial charge in [0, 0.05) is 49.5 Å². The van der Waals surface area contributed by atoms with Gasteiger partial charge in [0.1, 0.15) is 34.8 Å². The maximum Gasteiger partial charge on any atom is 0.148 e. The average Bonchev–Trinajstić information content (AvgIpc) is 2.92. The molecule has 3 heterocycles. The third kappa shape index (κ3) is 6.36. The zero-order valence-corrected chi connectivity index (χ0v) is 20.5. The summed E-state index contributed by atoms with van der Waals surface area (Å²) in [6.07, 6.45) is 4.29. The number of nitriles is 2. The number of carbonyl (C=O) groups excluding carboxylic acids is 1. The van der Waals surface area contributed by atoms with Crippen LogP contribution in [0.15, 0.2) is 53.8 Å². The van der Waals surface area contributed by atoms with Gasteiger partial charge >= 0.3 is 0 Å². The van der Waals surface area contributed by atoms with Gasteiger partial charge in [-0.2, -0.15) is 10.5 Å². The summed E-state index contributed by atoms with van der Waals surface area (Å²) in [5.74, 6) is 1.23. The van der Waals surface area contributed by atoms with Gasteiger partial charge in [0.25, 0.3) is 0 Å². The molecular formula is C26H26N6O2S. The minimum absolute atomic E-state index is 0.421. The fraction of sp³-hybridized carbons (Fsp3) is 0.269. The Balaban J connectivity index is 0.00000108. The normalized spacial score (nSPS) is 12.5. The van der Waals surface area contributed by atoms with Gasteiger partial charge in [-0.25, -0.2) is 4.98 Å². The van der Waals surface area contributed by atoms with E-state index in [9.17, 15) is 10.5 Å². The SMILES string of the molecule is CC=O.CNc1ccc(-c2c(C#N)c(SCc3cccnc3)nc(N3CCOCC3)c2C#N)cc1. The number of thioether (sulfide) groups is 1. The van der Waals surface area contributed by atoms with E-state index in [4.69, 9.17) is 14.5 Å². The van der Waals surface area contributed by atoms with E-state index in [1.807, 2.05) is 49.6 Å². The van der Waals surface area contributed by atoms with E-state index in [0.29, 0.717) is 59.6 Å². The van der Waals surface area contributed by atoms with Gasteiger partial charge < -0.3 is 19.7 Å². The molecule has 0 spiro atoms. The first-order valence-corrected chi connectivity index (χ1v) is 12.1. The molecule has 9 heteroatoms. The Kier molecular flexibility index (Phi) is 9.61. The molecule has 1 N–H and O–H groups in total. The summed E-state index contributed by atoms with van der Waals surface area (Å²) in [4.78, 5) is 19.9. The number of aromatic nitrogens is 2. The molecule has 0 radical (unpaired) electrons. The molecule has 4 rings (SSSR count). The quantitative estimate of drug-likeness (QED) is 0.403. The molecule has 1 fully saturated rings. The van der Waals surface area contributed by atoms with Crippen molar-refractivity contribution in [2.24, 2.45) is 0 Å². The lowest BCUT2D eigenvalue weighted by molar-refractivity contribution is -0.106. The molecule has 1 aromatic carbocycles. The van der Waals surface area contributed by atoms with Crippen molar-refractivity contribution in [2.45, 2.75) is 17.7 Å². The highest BCUT2D eigenvalue weighted by molar-refractivity contribution is 7.98. The molecule has 1 aliphatic heterocycles. The minimum Gasteiger partial charge on any atom is -0.388 e. The number of morpholine rings is 1. The Morgan fingerprint density at radius 2 is 1.83 bits per heavy atom. The molecule has 0 bridgehead atoms. The lowest BCUT2D eigenvalue weighted by Gasteiger charge is -2.29. The van der Waals surface area contributed by atoms with E-state index < -0.39 is 0 Å². The molecule has 2 aromatic heterocycles. The van der Waals surface area contributed by atoms with E-state index in [-0.39, 0.29) is 0 Å². The van der Waals surface area contributed by atoms with Crippen molar-refractivity contribution in [3.05, 3.63) is 65.5 Å². The highest BCUT2D eigenvalue weighted by Crippen LogP contribution is 2.39. The second-order valence-corrected chi connectivity index (χ2v) is 8.37. The number of aldehydes is 1. The molecule has 1 saturated heterocycles. The summed E-state index contributed by atoms with van der Waals surface area (Å²) in [5.41, 5.74) is 4.29. The molecule has 0 saturated carbocycles. The standard InChI is InChI=1S/C24H22N6OS.C2H4O/c1-27-19-6-4-18(5-7-19)22-20(13-25)23(30-9-11-31-12-10-30)29-24(21(22)14-26)32-16-17-3-2-8-28-15-17;1-2-3/h2-8,15,27H,9-12,16H2,1H3;2H,1H3. The molecule has 35 heavy (non-hydrogen) atoms. The van der Waals surface area contributed by atoms with Crippen molar-refractivity contribution in [3.8, 4) is 23.3 Å². The summed E-state index contributed by atoms with van der Waals surface area (Å²) in [5, 5.41) is 24.0. The van der Waals surface area contributed by atoms with E-state index in [0.717, 1.165) is 23.1 Å². The van der Waals surface area contributed by atoms with Gasteiger partial charge in [-0.05, 0) is 36.2 Å². The number of pyridine rings is 2. The van der Waals surface area contributed by atoms with Crippen molar-refractivity contribution in [2.75, 3.05) is 43.6 Å². The molecule has 1 aliphatic rings. The van der Waals surface area contributed by atoms with Crippen LogP contribution >= 0.6 is 11.8 Å². The Morgan fingerprint density at radius 3 is 2.40 bits per heavy atom. The van der Waals surface area contributed by atoms with Gasteiger partial charge in [0.15, 0.2) is 0 Å². The van der Waals surface area contributed by atoms with E-state index >= 15 is 0 Å². The summed E-state index contributed by atoms with van der Waals surface area (Å²) in [7, 11) is 1.85. The van der Waals surface area contributed by atoms with E-state index in [1.165, 1.54) is 18.7 Å². The second kappa shape index (κ2) is 13.1. The van der Waals surface area contributed by atoms with Crippen LogP contribution in [-0.4, -0.2) is 49.6 Å². The van der Waals surface area contributed by atoms with Gasteiger partial charge in [-0.1, -0.05) is 18.2 Å². The van der Waals surface area contributed by atoms with E-state index in [1.54, 1.807) is 6.20 Å². The molecule has 0 atom stereocenters. The molecule has 0 unspecified atom stereocenters. The molecule has 0 amide bonds. The highest BCUT2D eigenvalue weighted by Gasteiger charge is 2.25. The average molecular weight is 487 g/mol. The lowest BCUT2D eigenvalue weighted by atomic mass is 9.96. The van der Waals surface area contributed by atoms with Crippen LogP contribution in [0.1, 0.15) is 23.6 Å². The van der Waals surface area contributed by atoms with Crippen molar-refractivity contribution < 1.29 is 9.53 Å². The van der Waals surface area contributed by atoms with Crippen LogP contribution in [0, 0.1) is 22.7 Å². The number of hydrogen-bond donors (Lipinski definition) is 1. The number of anilines is 2. The Hall–Kier alpha value is -3.92. The first-order chi connectivity index (χ1) is 17.2. The van der Waals surface area contributed by atoms with Gasteiger partial charge in [0.2, 0.25) is 0 Å². The maximum atomic E-state index is 10.1. The second-order valence-electron chi connectivity index (χ2n) is 7.40.